The monoisotopic (exact) mass is 238 g/mol. The third kappa shape index (κ3) is 1.62. The lowest BCUT2D eigenvalue weighted by atomic mass is 10.1. The predicted octanol–water partition coefficient (Wildman–Crippen LogP) is 2.81. The zero-order valence-electron chi connectivity index (χ0n) is 6.99. The maximum atomic E-state index is 4.66. The van der Waals surface area contributed by atoms with Crippen molar-refractivity contribution in [2.45, 2.75) is 6.92 Å². The van der Waals surface area contributed by atoms with Crippen LogP contribution < -0.4 is 0 Å². The van der Waals surface area contributed by atoms with E-state index in [1.54, 1.807) is 0 Å². The number of rotatable bonds is 1. The van der Waals surface area contributed by atoms with Crippen molar-refractivity contribution < 1.29 is 4.52 Å². The molecule has 1 aromatic heterocycles. The first-order valence-corrected chi connectivity index (χ1v) is 4.59. The molecule has 0 aliphatic heterocycles. The van der Waals surface area contributed by atoms with Gasteiger partial charge in [0.1, 0.15) is 0 Å². The Kier molecular flexibility index (Phi) is 2.14. The Hall–Kier alpha value is -1.16. The van der Waals surface area contributed by atoms with Crippen molar-refractivity contribution in [1.29, 1.82) is 0 Å². The molecule has 2 aromatic rings. The lowest BCUT2D eigenvalue weighted by Crippen LogP contribution is -1.82. The molecule has 0 bridgehead atoms. The maximum absolute atomic E-state index is 4.66. The lowest BCUT2D eigenvalue weighted by molar-refractivity contribution is 0.419. The fourth-order valence-corrected chi connectivity index (χ4v) is 1.41. The summed E-state index contributed by atoms with van der Waals surface area (Å²) in [5.74, 6) is 0.612. The largest absolute Gasteiger partial charge is 0.342 e. The van der Waals surface area contributed by atoms with Crippen LogP contribution in [-0.4, -0.2) is 10.1 Å². The first-order valence-electron chi connectivity index (χ1n) is 3.80. The van der Waals surface area contributed by atoms with E-state index in [1.807, 2.05) is 25.1 Å². The number of hydrogen-bond donors (Lipinski definition) is 0. The van der Waals surface area contributed by atoms with E-state index in [1.165, 1.54) is 12.0 Å². The summed E-state index contributed by atoms with van der Waals surface area (Å²) in [5, 5.41) is 3.75. The Labute approximate surface area is 83.9 Å². The van der Waals surface area contributed by atoms with Crippen molar-refractivity contribution in [3.05, 3.63) is 34.6 Å². The van der Waals surface area contributed by atoms with Crippen molar-refractivity contribution in [2.75, 3.05) is 0 Å². The van der Waals surface area contributed by atoms with Gasteiger partial charge < -0.3 is 4.52 Å². The van der Waals surface area contributed by atoms with Crippen LogP contribution in [0.4, 0.5) is 0 Å². The van der Waals surface area contributed by atoms with Gasteiger partial charge >= 0.3 is 0 Å². The van der Waals surface area contributed by atoms with Crippen LogP contribution in [-0.2, 0) is 0 Å². The van der Waals surface area contributed by atoms with E-state index in [2.05, 4.69) is 30.6 Å². The molecule has 0 atom stereocenters. The number of nitrogens with zero attached hydrogens (tertiary/aromatic N) is 2. The molecule has 0 saturated heterocycles. The summed E-state index contributed by atoms with van der Waals surface area (Å²) in [7, 11) is 0. The summed E-state index contributed by atoms with van der Waals surface area (Å²) in [6, 6.07) is 5.95. The van der Waals surface area contributed by atoms with E-state index in [9.17, 15) is 0 Å². The van der Waals surface area contributed by atoms with Crippen molar-refractivity contribution in [1.82, 2.24) is 10.1 Å². The van der Waals surface area contributed by atoms with Crippen LogP contribution in [0.25, 0.3) is 11.4 Å². The minimum Gasteiger partial charge on any atom is -0.342 e. The highest BCUT2D eigenvalue weighted by Gasteiger charge is 2.03. The highest BCUT2D eigenvalue weighted by molar-refractivity contribution is 9.10. The van der Waals surface area contributed by atoms with E-state index in [-0.39, 0.29) is 0 Å². The molecular weight excluding hydrogens is 232 g/mol. The summed E-state index contributed by atoms with van der Waals surface area (Å²) >= 11 is 3.45. The van der Waals surface area contributed by atoms with Gasteiger partial charge in [-0.25, -0.2) is 0 Å². The number of hydrogen-bond acceptors (Lipinski definition) is 3. The highest BCUT2D eigenvalue weighted by Crippen LogP contribution is 2.22. The minimum atomic E-state index is 0.612. The van der Waals surface area contributed by atoms with E-state index in [0.29, 0.717) is 5.82 Å². The zero-order chi connectivity index (χ0) is 9.26. The van der Waals surface area contributed by atoms with Crippen LogP contribution in [0.15, 0.2) is 33.6 Å². The lowest BCUT2D eigenvalue weighted by Gasteiger charge is -1.98. The predicted molar refractivity (Wildman–Crippen MR) is 52.2 cm³/mol. The molecule has 0 unspecified atom stereocenters. The van der Waals surface area contributed by atoms with Crippen molar-refractivity contribution in [3.63, 3.8) is 0 Å². The molecule has 0 fully saturated rings. The molecular formula is C9H7BrN2O. The zero-order valence-corrected chi connectivity index (χ0v) is 8.58. The van der Waals surface area contributed by atoms with Crippen LogP contribution in [0.1, 0.15) is 5.56 Å². The molecule has 1 aromatic carbocycles. The van der Waals surface area contributed by atoms with Gasteiger partial charge in [0.05, 0.1) is 0 Å². The molecule has 0 saturated carbocycles. The van der Waals surface area contributed by atoms with Gasteiger partial charge in [-0.3, -0.25) is 0 Å². The number of aryl methyl sites for hydroxylation is 1. The second kappa shape index (κ2) is 3.30. The van der Waals surface area contributed by atoms with Gasteiger partial charge in [0.2, 0.25) is 12.2 Å². The SMILES string of the molecule is Cc1ccc(-c2ncon2)cc1Br. The van der Waals surface area contributed by atoms with E-state index >= 15 is 0 Å². The molecule has 3 nitrogen and oxygen atoms in total. The smallest absolute Gasteiger partial charge is 0.214 e. The quantitative estimate of drug-likeness (QED) is 0.767. The summed E-state index contributed by atoms with van der Waals surface area (Å²) in [5.41, 5.74) is 2.14. The summed E-state index contributed by atoms with van der Waals surface area (Å²) in [6.45, 7) is 2.03. The fraction of sp³-hybridized carbons (Fsp3) is 0.111. The minimum absolute atomic E-state index is 0.612. The molecule has 0 N–H and O–H groups in total. The maximum Gasteiger partial charge on any atom is 0.214 e. The second-order valence-electron chi connectivity index (χ2n) is 2.72. The Morgan fingerprint density at radius 2 is 2.23 bits per heavy atom. The molecule has 1 heterocycles. The van der Waals surface area contributed by atoms with Crippen molar-refractivity contribution >= 4 is 15.9 Å². The van der Waals surface area contributed by atoms with Crippen molar-refractivity contribution in [2.24, 2.45) is 0 Å². The summed E-state index contributed by atoms with van der Waals surface area (Å²) < 4.78 is 5.71. The van der Waals surface area contributed by atoms with Gasteiger partial charge in [-0.2, -0.15) is 4.98 Å². The molecule has 0 aliphatic carbocycles. The van der Waals surface area contributed by atoms with Crippen LogP contribution in [0.2, 0.25) is 0 Å². The molecule has 0 radical (unpaired) electrons. The van der Waals surface area contributed by atoms with Gasteiger partial charge in [0, 0.05) is 10.0 Å². The Morgan fingerprint density at radius 1 is 1.38 bits per heavy atom. The van der Waals surface area contributed by atoms with Gasteiger partial charge in [0.25, 0.3) is 0 Å². The second-order valence-corrected chi connectivity index (χ2v) is 3.57. The van der Waals surface area contributed by atoms with Crippen LogP contribution >= 0.6 is 15.9 Å². The van der Waals surface area contributed by atoms with Gasteiger partial charge in [-0.15, -0.1) is 0 Å². The first kappa shape index (κ1) is 8.44. The van der Waals surface area contributed by atoms with Gasteiger partial charge in [-0.1, -0.05) is 33.2 Å². The third-order valence-corrected chi connectivity index (χ3v) is 2.65. The normalized spacial score (nSPS) is 10.3. The van der Waals surface area contributed by atoms with Crippen LogP contribution in [0.3, 0.4) is 0 Å². The average Bonchev–Trinajstić information content (AvgIpc) is 2.62. The molecule has 66 valence electrons. The molecule has 4 heteroatoms. The Balaban J connectivity index is 2.49. The average molecular weight is 239 g/mol. The Bertz CT molecular complexity index is 412. The first-order chi connectivity index (χ1) is 6.27. The van der Waals surface area contributed by atoms with E-state index in [0.717, 1.165) is 10.0 Å². The fourth-order valence-electron chi connectivity index (χ4n) is 1.03. The summed E-state index contributed by atoms with van der Waals surface area (Å²) in [4.78, 5) is 3.96. The number of benzene rings is 1. The molecule has 0 spiro atoms. The highest BCUT2D eigenvalue weighted by atomic mass is 79.9. The third-order valence-electron chi connectivity index (χ3n) is 1.79. The van der Waals surface area contributed by atoms with E-state index < -0.39 is 0 Å². The standard InChI is InChI=1S/C9H7BrN2O/c1-6-2-3-7(4-8(6)10)9-11-5-13-12-9/h2-5H,1H3. The summed E-state index contributed by atoms with van der Waals surface area (Å²) in [6.07, 6.45) is 1.32. The van der Waals surface area contributed by atoms with Gasteiger partial charge in [0.15, 0.2) is 0 Å². The molecule has 2 rings (SSSR count). The van der Waals surface area contributed by atoms with Gasteiger partial charge in [-0.05, 0) is 18.6 Å². The molecule has 0 amide bonds. The topological polar surface area (TPSA) is 38.9 Å². The van der Waals surface area contributed by atoms with E-state index in [4.69, 9.17) is 0 Å². The Morgan fingerprint density at radius 3 is 2.85 bits per heavy atom. The van der Waals surface area contributed by atoms with Crippen LogP contribution in [0.5, 0.6) is 0 Å². The van der Waals surface area contributed by atoms with Crippen LogP contribution in [0, 0.1) is 6.92 Å². The van der Waals surface area contributed by atoms with Crippen molar-refractivity contribution in [3.8, 4) is 11.4 Å². The number of halogens is 1. The molecule has 0 aliphatic rings. The molecule has 13 heavy (non-hydrogen) atoms. The number of aromatic nitrogens is 2.